The number of carbonyl (C=O) groups excluding carboxylic acids is 1. The number of hydrogen-bond acceptors (Lipinski definition) is 8. The summed E-state index contributed by atoms with van der Waals surface area (Å²) in [6.07, 6.45) is 1.78. The number of hydrogen-bond donors (Lipinski definition) is 1. The predicted molar refractivity (Wildman–Crippen MR) is 124 cm³/mol. The van der Waals surface area contributed by atoms with Gasteiger partial charge in [-0.05, 0) is 36.4 Å². The molecule has 1 aromatic carbocycles. The second kappa shape index (κ2) is 8.16. The molecule has 0 aliphatic carbocycles. The summed E-state index contributed by atoms with van der Waals surface area (Å²) in [5.74, 6) is 1.30. The summed E-state index contributed by atoms with van der Waals surface area (Å²) in [6.45, 7) is 2.85. The number of benzene rings is 1. The molecule has 0 radical (unpaired) electrons. The van der Waals surface area contributed by atoms with Crippen LogP contribution in [0.5, 0.6) is 0 Å². The van der Waals surface area contributed by atoms with Crippen LogP contribution >= 0.6 is 11.8 Å². The van der Waals surface area contributed by atoms with Crippen molar-refractivity contribution in [3.8, 4) is 0 Å². The van der Waals surface area contributed by atoms with Crippen molar-refractivity contribution in [1.29, 1.82) is 0 Å². The third-order valence-corrected chi connectivity index (χ3v) is 8.88. The van der Waals surface area contributed by atoms with E-state index in [9.17, 15) is 13.2 Å². The highest BCUT2D eigenvalue weighted by Crippen LogP contribution is 2.34. The molecule has 162 valence electrons. The largest absolute Gasteiger partial charge is 0.353 e. The molecular weight excluding hydrogens is 434 g/mol. The van der Waals surface area contributed by atoms with Gasteiger partial charge in [0.2, 0.25) is 0 Å². The standard InChI is InChI=1S/C21H23N5O3S2/c27-20(26-11-9-25(10-12-26)19-3-1-2-8-22-19)15-4-6-16(7-5-15)23-21-24-17-13-31(28,29)14-18(17)30-21/h1-8,17-18H,9-14H2,(H,23,24)/t17-,18-/m1/s1. The number of aromatic nitrogens is 1. The van der Waals surface area contributed by atoms with Crippen molar-refractivity contribution in [2.75, 3.05) is 47.9 Å². The van der Waals surface area contributed by atoms with Gasteiger partial charge in [0.1, 0.15) is 5.82 Å². The average molecular weight is 458 g/mol. The van der Waals surface area contributed by atoms with Crippen LogP contribution in [0.15, 0.2) is 53.7 Å². The van der Waals surface area contributed by atoms with E-state index in [1.54, 1.807) is 6.20 Å². The number of pyridine rings is 1. The molecule has 2 saturated heterocycles. The Balaban J connectivity index is 1.17. The number of anilines is 2. The van der Waals surface area contributed by atoms with Crippen LogP contribution in [0.2, 0.25) is 0 Å². The van der Waals surface area contributed by atoms with Gasteiger partial charge in [0, 0.05) is 48.9 Å². The van der Waals surface area contributed by atoms with Crippen molar-refractivity contribution in [2.45, 2.75) is 11.3 Å². The van der Waals surface area contributed by atoms with Gasteiger partial charge in [0.05, 0.1) is 17.5 Å². The lowest BCUT2D eigenvalue weighted by Crippen LogP contribution is -2.49. The number of carbonyl (C=O) groups is 1. The highest BCUT2D eigenvalue weighted by Gasteiger charge is 2.42. The van der Waals surface area contributed by atoms with E-state index in [1.807, 2.05) is 47.4 Å². The Bertz CT molecular complexity index is 1100. The molecule has 0 spiro atoms. The summed E-state index contributed by atoms with van der Waals surface area (Å²) < 4.78 is 23.4. The van der Waals surface area contributed by atoms with Crippen LogP contribution in [0, 0.1) is 0 Å². The molecule has 1 amide bonds. The molecule has 0 saturated carbocycles. The maximum absolute atomic E-state index is 12.9. The van der Waals surface area contributed by atoms with Crippen LogP contribution in [0.1, 0.15) is 10.4 Å². The van der Waals surface area contributed by atoms with E-state index in [4.69, 9.17) is 0 Å². The third kappa shape index (κ3) is 4.40. The molecule has 0 bridgehead atoms. The Morgan fingerprint density at radius 2 is 1.81 bits per heavy atom. The first-order valence-corrected chi connectivity index (χ1v) is 12.9. The molecule has 3 aliphatic rings. The Morgan fingerprint density at radius 1 is 1.03 bits per heavy atom. The summed E-state index contributed by atoms with van der Waals surface area (Å²) in [5.41, 5.74) is 1.49. The summed E-state index contributed by atoms with van der Waals surface area (Å²) in [7, 11) is -2.95. The molecule has 2 fully saturated rings. The highest BCUT2D eigenvalue weighted by atomic mass is 32.2. The number of amides is 1. The van der Waals surface area contributed by atoms with Gasteiger partial charge in [-0.15, -0.1) is 0 Å². The monoisotopic (exact) mass is 457 g/mol. The van der Waals surface area contributed by atoms with E-state index >= 15 is 0 Å². The van der Waals surface area contributed by atoms with Crippen molar-refractivity contribution >= 4 is 44.2 Å². The van der Waals surface area contributed by atoms with Gasteiger partial charge in [-0.1, -0.05) is 17.8 Å². The van der Waals surface area contributed by atoms with Crippen LogP contribution in [0.3, 0.4) is 0 Å². The maximum Gasteiger partial charge on any atom is 0.253 e. The number of thioether (sulfide) groups is 1. The van der Waals surface area contributed by atoms with Crippen LogP contribution in [-0.4, -0.2) is 78.4 Å². The van der Waals surface area contributed by atoms with Crippen molar-refractivity contribution in [2.24, 2.45) is 4.99 Å². The highest BCUT2D eigenvalue weighted by molar-refractivity contribution is 8.15. The summed E-state index contributed by atoms with van der Waals surface area (Å²) in [6, 6.07) is 13.1. The van der Waals surface area contributed by atoms with Crippen molar-refractivity contribution in [3.63, 3.8) is 0 Å². The van der Waals surface area contributed by atoms with E-state index in [2.05, 4.69) is 20.2 Å². The molecule has 0 unspecified atom stereocenters. The van der Waals surface area contributed by atoms with Crippen molar-refractivity contribution < 1.29 is 13.2 Å². The Morgan fingerprint density at radius 3 is 2.48 bits per heavy atom. The van der Waals surface area contributed by atoms with E-state index in [0.29, 0.717) is 18.7 Å². The summed E-state index contributed by atoms with van der Waals surface area (Å²) in [5, 5.41) is 4.00. The lowest BCUT2D eigenvalue weighted by molar-refractivity contribution is 0.0746. The lowest BCUT2D eigenvalue weighted by Gasteiger charge is -2.35. The molecule has 10 heteroatoms. The summed E-state index contributed by atoms with van der Waals surface area (Å²) in [4.78, 5) is 25.8. The molecular formula is C21H23N5O3S2. The molecule has 4 heterocycles. The zero-order valence-corrected chi connectivity index (χ0v) is 18.5. The molecule has 5 rings (SSSR count). The second-order valence-electron chi connectivity index (χ2n) is 7.90. The van der Waals surface area contributed by atoms with Gasteiger partial charge in [-0.3, -0.25) is 9.79 Å². The minimum atomic E-state index is -2.95. The number of piperazine rings is 1. The lowest BCUT2D eigenvalue weighted by atomic mass is 10.1. The Kier molecular flexibility index (Phi) is 5.35. The number of nitrogens with zero attached hydrogens (tertiary/aromatic N) is 4. The second-order valence-corrected chi connectivity index (χ2v) is 11.3. The Hall–Kier alpha value is -2.59. The smallest absolute Gasteiger partial charge is 0.253 e. The first-order chi connectivity index (χ1) is 15.0. The molecule has 2 aromatic rings. The number of rotatable bonds is 3. The fraction of sp³-hybridized carbons (Fsp3) is 0.381. The minimum Gasteiger partial charge on any atom is -0.353 e. The third-order valence-electron chi connectivity index (χ3n) is 5.74. The van der Waals surface area contributed by atoms with Gasteiger partial charge >= 0.3 is 0 Å². The normalized spacial score (nSPS) is 24.6. The molecule has 8 nitrogen and oxygen atoms in total. The average Bonchev–Trinajstić information content (AvgIpc) is 3.27. The van der Waals surface area contributed by atoms with Crippen molar-refractivity contribution in [3.05, 3.63) is 54.2 Å². The van der Waals surface area contributed by atoms with Gasteiger partial charge in [-0.2, -0.15) is 0 Å². The fourth-order valence-corrected chi connectivity index (χ4v) is 7.77. The number of amidine groups is 1. The molecule has 1 aromatic heterocycles. The first kappa shape index (κ1) is 20.3. The van der Waals surface area contributed by atoms with E-state index in [1.165, 1.54) is 11.8 Å². The van der Waals surface area contributed by atoms with Gasteiger partial charge in [-0.25, -0.2) is 13.4 Å². The van der Waals surface area contributed by atoms with Crippen LogP contribution in [0.25, 0.3) is 0 Å². The molecule has 3 aliphatic heterocycles. The molecule has 2 atom stereocenters. The first-order valence-electron chi connectivity index (χ1n) is 10.2. The molecule has 31 heavy (non-hydrogen) atoms. The minimum absolute atomic E-state index is 0.0121. The van der Waals surface area contributed by atoms with Crippen molar-refractivity contribution in [1.82, 2.24) is 9.88 Å². The zero-order valence-electron chi connectivity index (χ0n) is 16.8. The number of aliphatic imine (C=N–C) groups is 1. The van der Waals surface area contributed by atoms with Crippen LogP contribution in [0.4, 0.5) is 11.5 Å². The number of sulfone groups is 1. The van der Waals surface area contributed by atoms with E-state index in [-0.39, 0.29) is 28.7 Å². The fourth-order valence-electron chi connectivity index (χ4n) is 4.10. The predicted octanol–water partition coefficient (Wildman–Crippen LogP) is 1.72. The number of nitrogens with one attached hydrogen (secondary N) is 1. The zero-order chi connectivity index (χ0) is 21.4. The van der Waals surface area contributed by atoms with Crippen LogP contribution in [-0.2, 0) is 9.84 Å². The van der Waals surface area contributed by atoms with Gasteiger partial charge in [0.15, 0.2) is 15.0 Å². The van der Waals surface area contributed by atoms with E-state index in [0.717, 1.165) is 29.8 Å². The van der Waals surface area contributed by atoms with Gasteiger partial charge in [0.25, 0.3) is 5.91 Å². The topological polar surface area (TPSA) is 95.0 Å². The van der Waals surface area contributed by atoms with Crippen LogP contribution < -0.4 is 10.2 Å². The SMILES string of the molecule is O=C(c1ccc(NC2=N[C@@H]3CS(=O)(=O)C[C@H]3S2)cc1)N1CCN(c2ccccn2)CC1. The van der Waals surface area contributed by atoms with Gasteiger partial charge < -0.3 is 15.1 Å². The quantitative estimate of drug-likeness (QED) is 0.750. The Labute approximate surface area is 185 Å². The number of fused-ring (bicyclic) bond motifs is 1. The van der Waals surface area contributed by atoms with E-state index < -0.39 is 9.84 Å². The molecule has 1 N–H and O–H groups in total. The maximum atomic E-state index is 12.9. The summed E-state index contributed by atoms with van der Waals surface area (Å²) >= 11 is 1.48.